The molecule has 3 atom stereocenters. The highest BCUT2D eigenvalue weighted by Gasteiger charge is 2.44. The Hall–Kier alpha value is -0.680. The first-order chi connectivity index (χ1) is 8.04. The number of aliphatic hydroxyl groups is 1. The van der Waals surface area contributed by atoms with Crippen molar-refractivity contribution in [1.29, 1.82) is 0 Å². The summed E-state index contributed by atoms with van der Waals surface area (Å²) in [6, 6.07) is 0.388. The molecule has 2 rings (SSSR count). The highest BCUT2D eigenvalue weighted by molar-refractivity contribution is 7.80. The van der Waals surface area contributed by atoms with E-state index in [4.69, 9.17) is 18.0 Å². The average molecular weight is 256 g/mol. The molecular weight excluding hydrogens is 236 g/mol. The van der Waals surface area contributed by atoms with Gasteiger partial charge >= 0.3 is 0 Å². The van der Waals surface area contributed by atoms with Gasteiger partial charge in [0.15, 0.2) is 0 Å². The first-order valence-corrected chi connectivity index (χ1v) is 6.75. The zero-order chi connectivity index (χ0) is 12.6. The number of thiocarbonyl (C=S) groups is 1. The Morgan fingerprint density at radius 1 is 1.47 bits per heavy atom. The molecule has 3 N–H and O–H groups in total. The second-order valence-corrected chi connectivity index (χ2v) is 5.59. The largest absolute Gasteiger partial charge is 0.393 e. The fraction of sp³-hybridized carbons (Fsp3) is 0.833. The maximum Gasteiger partial charge on any atom is 0.232 e. The summed E-state index contributed by atoms with van der Waals surface area (Å²) >= 11 is 4.96. The molecule has 4 nitrogen and oxygen atoms in total. The smallest absolute Gasteiger partial charge is 0.232 e. The minimum Gasteiger partial charge on any atom is -0.393 e. The Kier molecular flexibility index (Phi) is 3.68. The summed E-state index contributed by atoms with van der Waals surface area (Å²) in [6.45, 7) is 1.93. The van der Waals surface area contributed by atoms with E-state index in [1.165, 1.54) is 0 Å². The summed E-state index contributed by atoms with van der Waals surface area (Å²) in [4.78, 5) is 14.7. The van der Waals surface area contributed by atoms with Crippen LogP contribution in [0.5, 0.6) is 0 Å². The number of aliphatic hydroxyl groups excluding tert-OH is 1. The number of carbonyl (C=O) groups excluding carboxylic acids is 1. The zero-order valence-corrected chi connectivity index (χ0v) is 10.9. The average Bonchev–Trinajstić information content (AvgIpc) is 2.51. The van der Waals surface area contributed by atoms with Crippen LogP contribution in [0.15, 0.2) is 0 Å². The van der Waals surface area contributed by atoms with Gasteiger partial charge in [0.05, 0.1) is 17.0 Å². The first kappa shape index (κ1) is 12.8. The minimum atomic E-state index is -0.330. The van der Waals surface area contributed by atoms with Crippen LogP contribution in [-0.2, 0) is 4.79 Å². The van der Waals surface area contributed by atoms with Crippen molar-refractivity contribution in [3.05, 3.63) is 0 Å². The molecule has 96 valence electrons. The van der Waals surface area contributed by atoms with Gasteiger partial charge < -0.3 is 15.7 Å². The van der Waals surface area contributed by atoms with Gasteiger partial charge in [0, 0.05) is 12.1 Å². The Morgan fingerprint density at radius 3 is 2.41 bits per heavy atom. The van der Waals surface area contributed by atoms with Crippen LogP contribution in [0.25, 0.3) is 0 Å². The van der Waals surface area contributed by atoms with Crippen molar-refractivity contribution < 1.29 is 9.90 Å². The van der Waals surface area contributed by atoms with Crippen molar-refractivity contribution in [1.82, 2.24) is 4.90 Å². The second-order valence-electron chi connectivity index (χ2n) is 5.12. The van der Waals surface area contributed by atoms with Crippen molar-refractivity contribution >= 4 is 23.1 Å². The number of rotatable bonds is 3. The van der Waals surface area contributed by atoms with Crippen LogP contribution in [0.3, 0.4) is 0 Å². The Balaban J connectivity index is 2.13. The minimum absolute atomic E-state index is 0.0689. The fourth-order valence-electron chi connectivity index (χ4n) is 3.19. The van der Waals surface area contributed by atoms with Crippen molar-refractivity contribution in [3.8, 4) is 0 Å². The number of nitrogens with zero attached hydrogens (tertiary/aromatic N) is 1. The number of carbonyl (C=O) groups is 1. The second kappa shape index (κ2) is 4.90. The molecule has 5 heteroatoms. The number of hydrogen-bond donors (Lipinski definition) is 2. The molecule has 2 saturated heterocycles. The van der Waals surface area contributed by atoms with Gasteiger partial charge in [0.1, 0.15) is 0 Å². The van der Waals surface area contributed by atoms with Crippen LogP contribution in [-0.4, -0.2) is 39.1 Å². The predicted molar refractivity (Wildman–Crippen MR) is 69.5 cm³/mol. The van der Waals surface area contributed by atoms with Crippen molar-refractivity contribution in [3.63, 3.8) is 0 Å². The van der Waals surface area contributed by atoms with Crippen molar-refractivity contribution in [2.75, 3.05) is 0 Å². The van der Waals surface area contributed by atoms with Crippen molar-refractivity contribution in [2.45, 2.75) is 57.2 Å². The summed E-state index contributed by atoms with van der Waals surface area (Å²) in [5.74, 6) is -0.261. The van der Waals surface area contributed by atoms with E-state index in [0.717, 1.165) is 12.8 Å². The highest BCUT2D eigenvalue weighted by atomic mass is 32.1. The standard InChI is InChI=1S/C12H20N2O2S/c1-2-10(11(13)17)12(16)14-7-3-4-8(14)6-9(15)5-7/h7-10,15H,2-6H2,1H3,(H2,13,17). The summed E-state index contributed by atoms with van der Waals surface area (Å²) in [7, 11) is 0. The van der Waals surface area contributed by atoms with Crippen LogP contribution in [0, 0.1) is 5.92 Å². The number of hydrogen-bond acceptors (Lipinski definition) is 3. The topological polar surface area (TPSA) is 66.6 Å². The maximum atomic E-state index is 12.4. The Bertz CT molecular complexity index is 320. The van der Waals surface area contributed by atoms with Crippen LogP contribution in [0.1, 0.15) is 39.0 Å². The van der Waals surface area contributed by atoms with E-state index in [2.05, 4.69) is 0 Å². The third-order valence-corrected chi connectivity index (χ3v) is 4.30. The molecule has 3 unspecified atom stereocenters. The summed E-state index contributed by atoms with van der Waals surface area (Å²) in [6.07, 6.45) is 3.82. The third kappa shape index (κ3) is 2.31. The van der Waals surface area contributed by atoms with Gasteiger partial charge in [-0.2, -0.15) is 0 Å². The van der Waals surface area contributed by atoms with E-state index >= 15 is 0 Å². The normalized spacial score (nSPS) is 33.5. The summed E-state index contributed by atoms with van der Waals surface area (Å²) < 4.78 is 0. The number of nitrogens with two attached hydrogens (primary N) is 1. The molecule has 0 aromatic carbocycles. The van der Waals surface area contributed by atoms with Gasteiger partial charge in [-0.25, -0.2) is 0 Å². The maximum absolute atomic E-state index is 12.4. The number of amides is 1. The van der Waals surface area contributed by atoms with Crippen LogP contribution < -0.4 is 5.73 Å². The lowest BCUT2D eigenvalue weighted by Gasteiger charge is -2.38. The predicted octanol–water partition coefficient (Wildman–Crippen LogP) is 0.813. The molecule has 17 heavy (non-hydrogen) atoms. The molecule has 0 aliphatic carbocycles. The Morgan fingerprint density at radius 2 is 2.00 bits per heavy atom. The van der Waals surface area contributed by atoms with Gasteiger partial charge in [-0.15, -0.1) is 0 Å². The molecular formula is C12H20N2O2S. The SMILES string of the molecule is CCC(C(=O)N1C2CCC1CC(O)C2)C(N)=S. The lowest BCUT2D eigenvalue weighted by atomic mass is 9.96. The van der Waals surface area contributed by atoms with E-state index in [1.807, 2.05) is 11.8 Å². The molecule has 2 fully saturated rings. The lowest BCUT2D eigenvalue weighted by Crippen LogP contribution is -2.51. The fourth-order valence-corrected chi connectivity index (χ4v) is 3.45. The molecule has 0 aromatic heterocycles. The van der Waals surface area contributed by atoms with E-state index in [0.29, 0.717) is 24.3 Å². The molecule has 2 bridgehead atoms. The molecule has 0 radical (unpaired) electrons. The third-order valence-electron chi connectivity index (χ3n) is 4.01. The van der Waals surface area contributed by atoms with Gasteiger partial charge in [0.2, 0.25) is 5.91 Å². The Labute approximate surface area is 107 Å². The molecule has 2 aliphatic rings. The molecule has 2 heterocycles. The number of fused-ring (bicyclic) bond motifs is 2. The van der Waals surface area contributed by atoms with Crippen LogP contribution in [0.4, 0.5) is 0 Å². The number of piperidine rings is 1. The molecule has 0 saturated carbocycles. The first-order valence-electron chi connectivity index (χ1n) is 6.34. The monoisotopic (exact) mass is 256 g/mol. The van der Waals surface area contributed by atoms with Gasteiger partial charge in [-0.05, 0) is 32.1 Å². The van der Waals surface area contributed by atoms with Gasteiger partial charge in [-0.1, -0.05) is 19.1 Å². The van der Waals surface area contributed by atoms with E-state index in [-0.39, 0.29) is 30.0 Å². The molecule has 1 amide bonds. The van der Waals surface area contributed by atoms with Crippen LogP contribution in [0.2, 0.25) is 0 Å². The van der Waals surface area contributed by atoms with Gasteiger partial charge in [0.25, 0.3) is 0 Å². The highest BCUT2D eigenvalue weighted by Crippen LogP contribution is 2.36. The zero-order valence-electron chi connectivity index (χ0n) is 10.1. The van der Waals surface area contributed by atoms with E-state index in [9.17, 15) is 9.90 Å². The molecule has 0 aromatic rings. The van der Waals surface area contributed by atoms with Crippen LogP contribution >= 0.6 is 12.2 Å². The summed E-state index contributed by atoms with van der Waals surface area (Å²) in [5, 5.41) is 9.71. The summed E-state index contributed by atoms with van der Waals surface area (Å²) in [5.41, 5.74) is 5.63. The molecule has 0 spiro atoms. The van der Waals surface area contributed by atoms with Crippen molar-refractivity contribution in [2.24, 2.45) is 11.7 Å². The quantitative estimate of drug-likeness (QED) is 0.733. The van der Waals surface area contributed by atoms with E-state index in [1.54, 1.807) is 0 Å². The van der Waals surface area contributed by atoms with Gasteiger partial charge in [-0.3, -0.25) is 4.79 Å². The lowest BCUT2D eigenvalue weighted by molar-refractivity contribution is -0.139. The molecule has 2 aliphatic heterocycles. The van der Waals surface area contributed by atoms with E-state index < -0.39 is 0 Å².